The van der Waals surface area contributed by atoms with Crippen LogP contribution in [-0.2, 0) is 4.79 Å². The topological polar surface area (TPSA) is 70.2 Å². The van der Waals surface area contributed by atoms with Gasteiger partial charge in [0, 0.05) is 10.9 Å². The van der Waals surface area contributed by atoms with Crippen molar-refractivity contribution in [2.24, 2.45) is 0 Å². The molecule has 6 heteroatoms. The lowest BCUT2D eigenvalue weighted by molar-refractivity contribution is -0.115. The van der Waals surface area contributed by atoms with E-state index in [2.05, 4.69) is 22.0 Å². The Morgan fingerprint density at radius 2 is 1.72 bits per heavy atom. The molecule has 1 saturated carbocycles. The maximum Gasteiger partial charge on any atom is 0.253 e. The quantitative estimate of drug-likeness (QED) is 0.531. The molecule has 1 heterocycles. The highest BCUT2D eigenvalue weighted by Gasteiger charge is 2.25. The van der Waals surface area contributed by atoms with Crippen molar-refractivity contribution < 1.29 is 9.59 Å². The van der Waals surface area contributed by atoms with Crippen LogP contribution < -0.4 is 16.0 Å². The van der Waals surface area contributed by atoms with Crippen LogP contribution in [0.2, 0.25) is 0 Å². The second-order valence-electron chi connectivity index (χ2n) is 7.08. The van der Waals surface area contributed by atoms with Gasteiger partial charge in [-0.05, 0) is 42.0 Å². The Kier molecular flexibility index (Phi) is 6.03. The van der Waals surface area contributed by atoms with Crippen molar-refractivity contribution in [3.05, 3.63) is 88.1 Å². The van der Waals surface area contributed by atoms with Gasteiger partial charge in [0.25, 0.3) is 5.91 Å². The summed E-state index contributed by atoms with van der Waals surface area (Å²) in [7, 11) is 0. The third-order valence-corrected chi connectivity index (χ3v) is 5.72. The van der Waals surface area contributed by atoms with E-state index in [4.69, 9.17) is 0 Å². The molecule has 2 aromatic carbocycles. The lowest BCUT2D eigenvalue weighted by Gasteiger charge is -2.18. The van der Waals surface area contributed by atoms with Gasteiger partial charge >= 0.3 is 0 Å². The minimum atomic E-state index is -0.186. The SMILES string of the molecule is O=C(CN[C@H](c1ccccc1)c1cccs1)Nc1ccccc1C(=O)NC1CC1. The summed E-state index contributed by atoms with van der Waals surface area (Å²) in [5.41, 5.74) is 2.13. The molecule has 1 aliphatic rings. The van der Waals surface area contributed by atoms with Gasteiger partial charge in [-0.1, -0.05) is 48.5 Å². The van der Waals surface area contributed by atoms with E-state index in [0.29, 0.717) is 11.3 Å². The predicted octanol–water partition coefficient (Wildman–Crippen LogP) is 3.96. The van der Waals surface area contributed by atoms with Crippen LogP contribution in [0.1, 0.15) is 39.7 Å². The van der Waals surface area contributed by atoms with E-state index in [1.807, 2.05) is 47.8 Å². The van der Waals surface area contributed by atoms with Crippen molar-refractivity contribution in [3.63, 3.8) is 0 Å². The number of benzene rings is 2. The summed E-state index contributed by atoms with van der Waals surface area (Å²) in [6, 6.07) is 21.4. The zero-order chi connectivity index (χ0) is 20.1. The molecule has 1 aromatic heterocycles. The van der Waals surface area contributed by atoms with Crippen LogP contribution in [0.25, 0.3) is 0 Å². The third-order valence-electron chi connectivity index (χ3n) is 4.79. The minimum absolute atomic E-state index is 0.0599. The largest absolute Gasteiger partial charge is 0.349 e. The summed E-state index contributed by atoms with van der Waals surface area (Å²) in [5.74, 6) is -0.328. The van der Waals surface area contributed by atoms with E-state index in [0.717, 1.165) is 23.3 Å². The number of rotatable bonds is 8. The van der Waals surface area contributed by atoms with E-state index >= 15 is 0 Å². The Balaban J connectivity index is 1.42. The molecule has 0 aliphatic heterocycles. The molecule has 1 fully saturated rings. The average molecular weight is 406 g/mol. The first-order chi connectivity index (χ1) is 14.2. The number of carbonyl (C=O) groups excluding carboxylic acids is 2. The van der Waals surface area contributed by atoms with Gasteiger partial charge in [0.05, 0.1) is 23.8 Å². The molecule has 1 aliphatic carbocycles. The molecule has 0 spiro atoms. The van der Waals surface area contributed by atoms with Crippen LogP contribution in [0.15, 0.2) is 72.1 Å². The molecule has 0 radical (unpaired) electrons. The van der Waals surface area contributed by atoms with Gasteiger partial charge in [0.15, 0.2) is 0 Å². The zero-order valence-corrected chi connectivity index (χ0v) is 16.7. The fourth-order valence-electron chi connectivity index (χ4n) is 3.15. The van der Waals surface area contributed by atoms with E-state index in [-0.39, 0.29) is 30.4 Å². The van der Waals surface area contributed by atoms with Gasteiger partial charge in [0.1, 0.15) is 0 Å². The molecule has 4 rings (SSSR count). The van der Waals surface area contributed by atoms with E-state index in [1.54, 1.807) is 29.5 Å². The van der Waals surface area contributed by atoms with Crippen molar-refractivity contribution in [1.29, 1.82) is 0 Å². The molecule has 29 heavy (non-hydrogen) atoms. The van der Waals surface area contributed by atoms with Crippen LogP contribution in [0.5, 0.6) is 0 Å². The second kappa shape index (κ2) is 9.03. The van der Waals surface area contributed by atoms with Gasteiger partial charge in [0.2, 0.25) is 5.91 Å². The minimum Gasteiger partial charge on any atom is -0.349 e. The average Bonchev–Trinajstić information content (AvgIpc) is 3.39. The normalized spacial score (nSPS) is 14.2. The lowest BCUT2D eigenvalue weighted by Crippen LogP contribution is -2.32. The number of thiophene rings is 1. The summed E-state index contributed by atoms with van der Waals surface area (Å²) in [6.07, 6.45) is 2.04. The first-order valence-corrected chi connectivity index (χ1v) is 10.6. The fourth-order valence-corrected chi connectivity index (χ4v) is 3.98. The van der Waals surface area contributed by atoms with Crippen LogP contribution in [-0.4, -0.2) is 24.4 Å². The Labute approximate surface area is 174 Å². The van der Waals surface area contributed by atoms with Crippen LogP contribution >= 0.6 is 11.3 Å². The molecular formula is C23H23N3O2S. The molecule has 0 unspecified atom stereocenters. The Hall–Kier alpha value is -2.96. The molecular weight excluding hydrogens is 382 g/mol. The van der Waals surface area contributed by atoms with Crippen molar-refractivity contribution >= 4 is 28.8 Å². The number of hydrogen-bond donors (Lipinski definition) is 3. The summed E-state index contributed by atoms with van der Waals surface area (Å²) < 4.78 is 0. The molecule has 2 amide bonds. The van der Waals surface area contributed by atoms with Crippen LogP contribution in [0.3, 0.4) is 0 Å². The molecule has 0 saturated heterocycles. The second-order valence-corrected chi connectivity index (χ2v) is 8.06. The highest BCUT2D eigenvalue weighted by Crippen LogP contribution is 2.26. The maximum atomic E-state index is 12.6. The number of anilines is 1. The van der Waals surface area contributed by atoms with Gasteiger partial charge in [-0.3, -0.25) is 14.9 Å². The van der Waals surface area contributed by atoms with E-state index in [1.165, 1.54) is 0 Å². The molecule has 3 N–H and O–H groups in total. The molecule has 1 atom stereocenters. The monoisotopic (exact) mass is 405 g/mol. The smallest absolute Gasteiger partial charge is 0.253 e. The number of para-hydroxylation sites is 1. The van der Waals surface area contributed by atoms with Crippen LogP contribution in [0.4, 0.5) is 5.69 Å². The number of nitrogens with one attached hydrogen (secondary N) is 3. The van der Waals surface area contributed by atoms with E-state index in [9.17, 15) is 9.59 Å². The summed E-state index contributed by atoms with van der Waals surface area (Å²) in [4.78, 5) is 26.2. The van der Waals surface area contributed by atoms with Crippen molar-refractivity contribution in [3.8, 4) is 0 Å². The third kappa shape index (κ3) is 5.10. The van der Waals surface area contributed by atoms with Gasteiger partial charge in [-0.25, -0.2) is 0 Å². The first kappa shape index (κ1) is 19.4. The predicted molar refractivity (Wildman–Crippen MR) is 116 cm³/mol. The standard InChI is InChI=1S/C23H23N3O2S/c27-21(26-19-10-5-4-9-18(19)23(28)25-17-12-13-17)15-24-22(20-11-6-14-29-20)16-7-2-1-3-8-16/h1-11,14,17,22,24H,12-13,15H2,(H,25,28)(H,26,27)/t22-/m1/s1. The first-order valence-electron chi connectivity index (χ1n) is 9.72. The van der Waals surface area contributed by atoms with Gasteiger partial charge in [-0.2, -0.15) is 0 Å². The molecule has 0 bridgehead atoms. The number of hydrogen-bond acceptors (Lipinski definition) is 4. The highest BCUT2D eigenvalue weighted by molar-refractivity contribution is 7.10. The van der Waals surface area contributed by atoms with Gasteiger partial charge < -0.3 is 10.6 Å². The number of amides is 2. The lowest BCUT2D eigenvalue weighted by atomic mass is 10.1. The van der Waals surface area contributed by atoms with Crippen molar-refractivity contribution in [2.75, 3.05) is 11.9 Å². The summed E-state index contributed by atoms with van der Waals surface area (Å²) in [6.45, 7) is 0.135. The fraction of sp³-hybridized carbons (Fsp3) is 0.217. The highest BCUT2D eigenvalue weighted by atomic mass is 32.1. The van der Waals surface area contributed by atoms with Crippen molar-refractivity contribution in [1.82, 2.24) is 10.6 Å². The number of carbonyl (C=O) groups is 2. The summed E-state index contributed by atoms with van der Waals surface area (Å²) in [5, 5.41) is 11.2. The molecule has 5 nitrogen and oxygen atoms in total. The van der Waals surface area contributed by atoms with Crippen molar-refractivity contribution in [2.45, 2.75) is 24.9 Å². The van der Waals surface area contributed by atoms with E-state index < -0.39 is 0 Å². The summed E-state index contributed by atoms with van der Waals surface area (Å²) >= 11 is 1.65. The Morgan fingerprint density at radius 1 is 0.966 bits per heavy atom. The van der Waals surface area contributed by atoms with Crippen LogP contribution in [0, 0.1) is 0 Å². The Bertz CT molecular complexity index is 969. The molecule has 148 valence electrons. The Morgan fingerprint density at radius 3 is 2.45 bits per heavy atom. The maximum absolute atomic E-state index is 12.6. The zero-order valence-electron chi connectivity index (χ0n) is 15.9. The van der Waals surface area contributed by atoms with Gasteiger partial charge in [-0.15, -0.1) is 11.3 Å². The molecule has 3 aromatic rings.